The smallest absolute Gasteiger partial charge is 0.333 e. The average molecular weight is 539 g/mol. The zero-order chi connectivity index (χ0) is 28.8. The van der Waals surface area contributed by atoms with Crippen molar-refractivity contribution in [2.24, 2.45) is 50.2 Å². The highest BCUT2D eigenvalue weighted by molar-refractivity contribution is 5.88. The lowest BCUT2D eigenvalue weighted by molar-refractivity contribution is -0.206. The van der Waals surface area contributed by atoms with Crippen LogP contribution in [0.1, 0.15) is 127 Å². The van der Waals surface area contributed by atoms with Crippen molar-refractivity contribution in [3.8, 4) is 0 Å². The molecule has 0 unspecified atom stereocenters. The molecule has 0 bridgehead atoms. The third-order valence-electron chi connectivity index (χ3n) is 13.8. The van der Waals surface area contributed by atoms with E-state index in [2.05, 4.69) is 54.5 Å². The Balaban J connectivity index is 1.60. The lowest BCUT2D eigenvalue weighted by atomic mass is 9.33. The van der Waals surface area contributed by atoms with Crippen LogP contribution >= 0.6 is 0 Å². The lowest BCUT2D eigenvalue weighted by Gasteiger charge is -2.71. The van der Waals surface area contributed by atoms with Crippen LogP contribution in [0, 0.1) is 50.2 Å². The summed E-state index contributed by atoms with van der Waals surface area (Å²) in [6.07, 6.45) is 14.1. The van der Waals surface area contributed by atoms with E-state index in [1.165, 1.54) is 37.7 Å². The maximum absolute atomic E-state index is 13.4. The number of carboxylic acid groups (broad SMARTS) is 1. The molecule has 39 heavy (non-hydrogen) atoms. The van der Waals surface area contributed by atoms with Crippen LogP contribution < -0.4 is 0 Å². The fraction of sp³-hybridized carbons (Fsp3) is 0.829. The Labute approximate surface area is 237 Å². The minimum absolute atomic E-state index is 0.0314. The molecule has 8 atom stereocenters. The quantitative estimate of drug-likeness (QED) is 0.222. The molecular formula is C35H54O4. The van der Waals surface area contributed by atoms with Crippen molar-refractivity contribution in [3.63, 3.8) is 0 Å². The van der Waals surface area contributed by atoms with Gasteiger partial charge in [-0.05, 0) is 111 Å². The van der Waals surface area contributed by atoms with Crippen molar-refractivity contribution in [1.82, 2.24) is 0 Å². The Kier molecular flexibility index (Phi) is 6.65. The first kappa shape index (κ1) is 28.9. The van der Waals surface area contributed by atoms with Gasteiger partial charge in [-0.15, -0.1) is 0 Å². The van der Waals surface area contributed by atoms with Gasteiger partial charge in [0.25, 0.3) is 0 Å². The molecule has 4 nitrogen and oxygen atoms in total. The second kappa shape index (κ2) is 8.96. The number of hydrogen-bond acceptors (Lipinski definition) is 3. The highest BCUT2D eigenvalue weighted by Crippen LogP contribution is 2.75. The molecule has 0 aromatic heterocycles. The zero-order valence-corrected chi connectivity index (χ0v) is 26.2. The van der Waals surface area contributed by atoms with Gasteiger partial charge in [0.1, 0.15) is 11.5 Å². The van der Waals surface area contributed by atoms with Crippen LogP contribution in [0.3, 0.4) is 0 Å². The Morgan fingerprint density at radius 1 is 0.949 bits per heavy atom. The fourth-order valence-electron chi connectivity index (χ4n) is 11.4. The molecule has 5 rings (SSSR count). The fourth-order valence-corrected chi connectivity index (χ4v) is 11.4. The van der Waals surface area contributed by atoms with E-state index in [0.29, 0.717) is 35.2 Å². The molecule has 0 aromatic rings. The van der Waals surface area contributed by atoms with E-state index in [1.807, 2.05) is 6.92 Å². The molecule has 0 saturated heterocycles. The van der Waals surface area contributed by atoms with Crippen LogP contribution in [0.4, 0.5) is 0 Å². The summed E-state index contributed by atoms with van der Waals surface area (Å²) in [7, 11) is 0. The van der Waals surface area contributed by atoms with Crippen molar-refractivity contribution in [2.45, 2.75) is 133 Å². The van der Waals surface area contributed by atoms with E-state index >= 15 is 0 Å². The maximum atomic E-state index is 13.4. The first-order valence-electron chi connectivity index (χ1n) is 15.8. The van der Waals surface area contributed by atoms with Gasteiger partial charge in [-0.2, -0.15) is 0 Å². The largest absolute Gasteiger partial charge is 0.481 e. The van der Waals surface area contributed by atoms with Crippen molar-refractivity contribution in [3.05, 3.63) is 23.3 Å². The molecule has 0 aromatic carbocycles. The number of aliphatic carboxylic acids is 1. The summed E-state index contributed by atoms with van der Waals surface area (Å²) >= 11 is 0. The molecule has 5 aliphatic rings. The molecule has 0 spiro atoms. The van der Waals surface area contributed by atoms with Gasteiger partial charge in [0.05, 0.1) is 0 Å². The van der Waals surface area contributed by atoms with Gasteiger partial charge in [0.2, 0.25) is 0 Å². The topological polar surface area (TPSA) is 63.6 Å². The van der Waals surface area contributed by atoms with Gasteiger partial charge in [0.15, 0.2) is 0 Å². The van der Waals surface area contributed by atoms with Crippen molar-refractivity contribution < 1.29 is 19.4 Å². The number of carbonyl (C=O) groups excluding carboxylic acids is 1. The van der Waals surface area contributed by atoms with Gasteiger partial charge in [-0.25, -0.2) is 4.79 Å². The molecule has 0 aliphatic heterocycles. The highest BCUT2D eigenvalue weighted by atomic mass is 16.5. The number of fused-ring (bicyclic) bond motifs is 7. The van der Waals surface area contributed by atoms with Crippen molar-refractivity contribution in [2.75, 3.05) is 0 Å². The second-order valence-electron chi connectivity index (χ2n) is 16.5. The van der Waals surface area contributed by atoms with Crippen LogP contribution in [-0.4, -0.2) is 23.1 Å². The molecule has 1 N–H and O–H groups in total. The Bertz CT molecular complexity index is 1110. The normalized spacial score (nSPS) is 46.5. The lowest BCUT2D eigenvalue weighted by Crippen LogP contribution is -2.66. The standard InChI is InChI=1S/C35H54O4/c1-10-22(2)28(36)39-27-21-30(3,4)20-24-23-12-13-26-32(7)16-11-15-31(5,6)25(32)14-17-34(26,9)33(23,8)18-19-35(24,27)29(37)38/h10,12,24-27H,11,13-21H2,1-9H3,(H,37,38)/b22-10-/t24-,25-,26+,27+,32-,33+,34+,35-/m0/s1. The number of carbonyl (C=O) groups is 2. The molecule has 4 fully saturated rings. The Morgan fingerprint density at radius 3 is 2.28 bits per heavy atom. The monoisotopic (exact) mass is 538 g/mol. The maximum Gasteiger partial charge on any atom is 0.333 e. The summed E-state index contributed by atoms with van der Waals surface area (Å²) in [5.74, 6) is 0.121. The van der Waals surface area contributed by atoms with Crippen LogP contribution in [0.5, 0.6) is 0 Å². The number of hydrogen-bond donors (Lipinski definition) is 1. The van der Waals surface area contributed by atoms with E-state index in [0.717, 1.165) is 25.2 Å². The first-order chi connectivity index (χ1) is 18.0. The summed E-state index contributed by atoms with van der Waals surface area (Å²) in [5, 5.41) is 11.0. The van der Waals surface area contributed by atoms with Gasteiger partial charge >= 0.3 is 11.9 Å². The number of carboxylic acids is 1. The molecule has 4 saturated carbocycles. The van der Waals surface area contributed by atoms with Gasteiger partial charge in [-0.3, -0.25) is 4.79 Å². The second-order valence-corrected chi connectivity index (χ2v) is 16.5. The van der Waals surface area contributed by atoms with Crippen LogP contribution in [-0.2, 0) is 14.3 Å². The molecule has 0 radical (unpaired) electrons. The number of esters is 1. The Hall–Kier alpha value is -1.58. The van der Waals surface area contributed by atoms with E-state index in [9.17, 15) is 14.7 Å². The van der Waals surface area contributed by atoms with Gasteiger partial charge in [-0.1, -0.05) is 72.6 Å². The summed E-state index contributed by atoms with van der Waals surface area (Å²) in [6.45, 7) is 20.7. The van der Waals surface area contributed by atoms with Crippen LogP contribution in [0.2, 0.25) is 0 Å². The predicted molar refractivity (Wildman–Crippen MR) is 156 cm³/mol. The molecule has 5 aliphatic carbocycles. The molecular weight excluding hydrogens is 484 g/mol. The minimum atomic E-state index is -1.05. The summed E-state index contributed by atoms with van der Waals surface area (Å²) < 4.78 is 6.15. The first-order valence-corrected chi connectivity index (χ1v) is 15.8. The van der Waals surface area contributed by atoms with Crippen LogP contribution in [0.25, 0.3) is 0 Å². The Morgan fingerprint density at radius 2 is 1.64 bits per heavy atom. The molecule has 4 heteroatoms. The average Bonchev–Trinajstić information content (AvgIpc) is 2.82. The van der Waals surface area contributed by atoms with E-state index in [4.69, 9.17) is 4.74 Å². The highest BCUT2D eigenvalue weighted by Gasteiger charge is 2.70. The zero-order valence-electron chi connectivity index (χ0n) is 26.2. The number of rotatable bonds is 3. The predicted octanol–water partition coefficient (Wildman–Crippen LogP) is 8.75. The molecule has 218 valence electrons. The van der Waals surface area contributed by atoms with E-state index in [1.54, 1.807) is 13.0 Å². The van der Waals surface area contributed by atoms with E-state index < -0.39 is 17.5 Å². The molecule has 0 amide bonds. The molecule has 0 heterocycles. The third kappa shape index (κ3) is 3.88. The SMILES string of the molecule is C/C=C(/C)C(=O)O[C@@H]1CC(C)(C)C[C@H]2C3=CC[C@@H]4[C@@]5(C)CCCC(C)(C)[C@@H]5CC[C@@]4(C)[C@]3(C)CC[C@@]12C(=O)O. The summed E-state index contributed by atoms with van der Waals surface area (Å²) in [6, 6.07) is 0. The van der Waals surface area contributed by atoms with Crippen LogP contribution in [0.15, 0.2) is 23.3 Å². The van der Waals surface area contributed by atoms with Crippen molar-refractivity contribution >= 4 is 11.9 Å². The number of ether oxygens (including phenoxy) is 1. The van der Waals surface area contributed by atoms with Crippen molar-refractivity contribution in [1.29, 1.82) is 0 Å². The van der Waals surface area contributed by atoms with E-state index in [-0.39, 0.29) is 28.1 Å². The number of allylic oxidation sites excluding steroid dienone is 3. The third-order valence-corrected chi connectivity index (χ3v) is 13.8. The van der Waals surface area contributed by atoms with Gasteiger partial charge in [0, 0.05) is 11.5 Å². The summed E-state index contributed by atoms with van der Waals surface area (Å²) in [5.41, 5.74) is 1.60. The summed E-state index contributed by atoms with van der Waals surface area (Å²) in [4.78, 5) is 26.4. The minimum Gasteiger partial charge on any atom is -0.481 e. The van der Waals surface area contributed by atoms with Gasteiger partial charge < -0.3 is 9.84 Å².